The Labute approximate surface area is 237 Å². The van der Waals surface area contributed by atoms with Crippen molar-refractivity contribution in [1.82, 2.24) is 20.2 Å². The van der Waals surface area contributed by atoms with Crippen LogP contribution in [0.25, 0.3) is 0 Å². The SMILES string of the molecule is CC=O.CN1CCNCC1.N=C(c1ccc(Oc2ccccc2)cc1)c1c(N)ncnc1NC1CC2(CCC2)C1. The zero-order valence-corrected chi connectivity index (χ0v) is 23.5. The fraction of sp³-hybridized carbons (Fsp3) is 0.419. The van der Waals surface area contributed by atoms with Crippen LogP contribution in [0.4, 0.5) is 11.6 Å². The Hall–Kier alpha value is -3.82. The summed E-state index contributed by atoms with van der Waals surface area (Å²) in [5.74, 6) is 2.46. The lowest BCUT2D eigenvalue weighted by atomic mass is 9.54. The number of para-hydroxylation sites is 1. The summed E-state index contributed by atoms with van der Waals surface area (Å²) in [4.78, 5) is 19.7. The molecule has 6 rings (SSSR count). The van der Waals surface area contributed by atoms with Crippen LogP contribution in [0.1, 0.15) is 50.2 Å². The largest absolute Gasteiger partial charge is 0.457 e. The van der Waals surface area contributed by atoms with E-state index >= 15 is 0 Å². The van der Waals surface area contributed by atoms with Crippen LogP contribution in [0, 0.1) is 10.8 Å². The number of nitrogen functional groups attached to an aromatic ring is 1. The van der Waals surface area contributed by atoms with E-state index in [-0.39, 0.29) is 0 Å². The molecule has 2 saturated carbocycles. The number of hydrogen-bond donors (Lipinski definition) is 4. The van der Waals surface area contributed by atoms with E-state index in [9.17, 15) is 0 Å². The van der Waals surface area contributed by atoms with Crippen molar-refractivity contribution in [2.24, 2.45) is 5.41 Å². The molecule has 3 aliphatic rings. The van der Waals surface area contributed by atoms with Gasteiger partial charge in [0.15, 0.2) is 0 Å². The first-order valence-corrected chi connectivity index (χ1v) is 14.0. The number of likely N-dealkylation sites (N-methyl/N-ethyl adjacent to an activating group) is 1. The van der Waals surface area contributed by atoms with E-state index in [2.05, 4.69) is 32.5 Å². The maximum Gasteiger partial charge on any atom is 0.141 e. The molecule has 2 aliphatic carbocycles. The minimum absolute atomic E-state index is 0.305. The van der Waals surface area contributed by atoms with Crippen molar-refractivity contribution in [3.8, 4) is 11.5 Å². The molecule has 3 fully saturated rings. The molecule has 2 aromatic carbocycles. The number of anilines is 2. The Bertz CT molecular complexity index is 1230. The molecule has 2 heterocycles. The Morgan fingerprint density at radius 3 is 2.25 bits per heavy atom. The molecule has 212 valence electrons. The van der Waals surface area contributed by atoms with Crippen molar-refractivity contribution in [3.63, 3.8) is 0 Å². The van der Waals surface area contributed by atoms with Crippen LogP contribution >= 0.6 is 0 Å². The highest BCUT2D eigenvalue weighted by Gasteiger charge is 2.48. The van der Waals surface area contributed by atoms with Crippen LogP contribution in [0.2, 0.25) is 0 Å². The van der Waals surface area contributed by atoms with Gasteiger partial charge in [-0.15, -0.1) is 0 Å². The van der Waals surface area contributed by atoms with Gasteiger partial charge in [-0.25, -0.2) is 9.97 Å². The average molecular weight is 544 g/mol. The Balaban J connectivity index is 0.000000315. The second kappa shape index (κ2) is 14.0. The van der Waals surface area contributed by atoms with Crippen molar-refractivity contribution in [1.29, 1.82) is 5.41 Å². The van der Waals surface area contributed by atoms with Gasteiger partial charge in [0.2, 0.25) is 0 Å². The van der Waals surface area contributed by atoms with Crippen molar-refractivity contribution in [2.75, 3.05) is 44.3 Å². The molecular formula is C31H41N7O2. The van der Waals surface area contributed by atoms with Gasteiger partial charge in [0.1, 0.15) is 35.7 Å². The van der Waals surface area contributed by atoms with E-state index in [4.69, 9.17) is 20.7 Å². The summed E-state index contributed by atoms with van der Waals surface area (Å²) in [6.07, 6.45) is 8.61. The number of nitrogens with two attached hydrogens (primary N) is 1. The Kier molecular flexibility index (Phi) is 10.2. The molecule has 1 spiro atoms. The predicted molar refractivity (Wildman–Crippen MR) is 160 cm³/mol. The molecule has 0 radical (unpaired) electrons. The van der Waals surface area contributed by atoms with Crippen LogP contribution in [0.15, 0.2) is 60.9 Å². The lowest BCUT2D eigenvalue weighted by molar-refractivity contribution is -0.106. The van der Waals surface area contributed by atoms with Crippen LogP contribution in [-0.2, 0) is 4.79 Å². The highest BCUT2D eigenvalue weighted by Crippen LogP contribution is 2.56. The average Bonchev–Trinajstić information content (AvgIpc) is 2.91. The number of hydrogen-bond acceptors (Lipinski definition) is 9. The minimum atomic E-state index is 0.305. The maximum absolute atomic E-state index is 8.81. The molecule has 9 heteroatoms. The van der Waals surface area contributed by atoms with Crippen molar-refractivity contribution in [3.05, 3.63) is 72.1 Å². The predicted octanol–water partition coefficient (Wildman–Crippen LogP) is 4.74. The summed E-state index contributed by atoms with van der Waals surface area (Å²) >= 11 is 0. The van der Waals surface area contributed by atoms with Gasteiger partial charge in [-0.3, -0.25) is 5.41 Å². The quantitative estimate of drug-likeness (QED) is 0.259. The number of carbonyl (C=O) groups excluding carboxylic acids is 1. The molecular weight excluding hydrogens is 502 g/mol. The van der Waals surface area contributed by atoms with Gasteiger partial charge in [-0.1, -0.05) is 24.6 Å². The highest BCUT2D eigenvalue weighted by molar-refractivity contribution is 6.16. The standard InChI is InChI=1S/C24H25N5O.C5H12N2.C2H4O/c25-21(16-7-9-19(10-8-16)30-18-5-2-1-3-6-18)20-22(26)27-15-28-23(20)29-17-13-24(14-17)11-4-12-24;1-7-4-2-6-3-5-7;1-2-3/h1-3,5-10,15,17,25H,4,11-14H2,(H3,26,27,28,29);6H,2-5H2,1H3;2H,1H3. The Morgan fingerprint density at radius 1 is 1.07 bits per heavy atom. The number of piperazine rings is 1. The molecule has 0 unspecified atom stereocenters. The van der Waals surface area contributed by atoms with Gasteiger partial charge in [0, 0.05) is 37.8 Å². The number of benzene rings is 2. The van der Waals surface area contributed by atoms with Crippen molar-refractivity contribution >= 4 is 23.6 Å². The number of nitrogens with zero attached hydrogens (tertiary/aromatic N) is 3. The van der Waals surface area contributed by atoms with Crippen LogP contribution in [0.3, 0.4) is 0 Å². The van der Waals surface area contributed by atoms with E-state index in [1.165, 1.54) is 58.4 Å². The van der Waals surface area contributed by atoms with Crippen molar-refractivity contribution < 1.29 is 9.53 Å². The number of aldehydes is 1. The van der Waals surface area contributed by atoms with Crippen LogP contribution in [-0.4, -0.2) is 66.1 Å². The number of rotatable bonds is 6. The van der Waals surface area contributed by atoms with Gasteiger partial charge in [0.05, 0.1) is 11.3 Å². The van der Waals surface area contributed by atoms with Gasteiger partial charge in [0.25, 0.3) is 0 Å². The molecule has 9 nitrogen and oxygen atoms in total. The fourth-order valence-electron chi connectivity index (χ4n) is 5.36. The normalized spacial score (nSPS) is 17.6. The first-order chi connectivity index (χ1) is 19.4. The second-order valence-electron chi connectivity index (χ2n) is 10.7. The highest BCUT2D eigenvalue weighted by atomic mass is 16.5. The molecule has 0 atom stereocenters. The van der Waals surface area contributed by atoms with E-state index in [0.717, 1.165) is 30.7 Å². The number of nitrogens with one attached hydrogen (secondary N) is 3. The summed E-state index contributed by atoms with van der Waals surface area (Å²) in [5, 5.41) is 15.5. The lowest BCUT2D eigenvalue weighted by Crippen LogP contribution is -2.49. The smallest absolute Gasteiger partial charge is 0.141 e. The monoisotopic (exact) mass is 543 g/mol. The molecule has 40 heavy (non-hydrogen) atoms. The van der Waals surface area contributed by atoms with Gasteiger partial charge >= 0.3 is 0 Å². The molecule has 0 bridgehead atoms. The number of carbonyl (C=O) groups is 1. The molecule has 1 aromatic heterocycles. The third kappa shape index (κ3) is 7.64. The first kappa shape index (κ1) is 29.2. The van der Waals surface area contributed by atoms with Gasteiger partial charge in [-0.05, 0) is 81.5 Å². The third-order valence-corrected chi connectivity index (χ3v) is 7.70. The summed E-state index contributed by atoms with van der Waals surface area (Å²) in [6.45, 7) is 6.19. The van der Waals surface area contributed by atoms with E-state index < -0.39 is 0 Å². The molecule has 5 N–H and O–H groups in total. The minimum Gasteiger partial charge on any atom is -0.457 e. The maximum atomic E-state index is 8.81. The topological polar surface area (TPSA) is 129 Å². The summed E-state index contributed by atoms with van der Waals surface area (Å²) < 4.78 is 5.84. The molecule has 1 aliphatic heterocycles. The lowest BCUT2D eigenvalue weighted by Gasteiger charge is -2.54. The molecule has 1 saturated heterocycles. The molecule has 3 aromatic rings. The van der Waals surface area contributed by atoms with Crippen LogP contribution < -0.4 is 21.1 Å². The summed E-state index contributed by atoms with van der Waals surface area (Å²) in [6, 6.07) is 17.5. The van der Waals surface area contributed by atoms with Gasteiger partial charge in [-0.2, -0.15) is 0 Å². The van der Waals surface area contributed by atoms with E-state index in [1.54, 1.807) is 0 Å². The number of aromatic nitrogens is 2. The van der Waals surface area contributed by atoms with Gasteiger partial charge < -0.3 is 30.8 Å². The fourth-order valence-corrected chi connectivity index (χ4v) is 5.36. The van der Waals surface area contributed by atoms with E-state index in [0.29, 0.717) is 40.1 Å². The summed E-state index contributed by atoms with van der Waals surface area (Å²) in [5.41, 5.74) is 8.33. The number of ether oxygens (including phenoxy) is 1. The van der Waals surface area contributed by atoms with Crippen LogP contribution in [0.5, 0.6) is 11.5 Å². The first-order valence-electron chi connectivity index (χ1n) is 14.0. The second-order valence-corrected chi connectivity index (χ2v) is 10.7. The zero-order valence-electron chi connectivity index (χ0n) is 23.5. The third-order valence-electron chi connectivity index (χ3n) is 7.70. The zero-order chi connectivity index (χ0) is 28.4. The summed E-state index contributed by atoms with van der Waals surface area (Å²) in [7, 11) is 2.15. The molecule has 0 amide bonds. The van der Waals surface area contributed by atoms with Crippen molar-refractivity contribution in [2.45, 2.75) is 45.1 Å². The van der Waals surface area contributed by atoms with E-state index in [1.807, 2.05) is 54.6 Å². The Morgan fingerprint density at radius 2 is 1.70 bits per heavy atom.